The Bertz CT molecular complexity index is 488. The molecule has 1 heterocycles. The highest BCUT2D eigenvalue weighted by atomic mass is 14.7. The minimum absolute atomic E-state index is 0.572. The number of hydrogen-bond donors (Lipinski definition) is 1. The molecule has 0 aliphatic rings. The van der Waals surface area contributed by atoms with Gasteiger partial charge in [0.1, 0.15) is 0 Å². The molecule has 0 amide bonds. The zero-order chi connectivity index (χ0) is 9.97. The lowest BCUT2D eigenvalue weighted by Crippen LogP contribution is -1.88. The van der Waals surface area contributed by atoms with Gasteiger partial charge in [-0.1, -0.05) is 18.2 Å². The van der Waals surface area contributed by atoms with E-state index < -0.39 is 0 Å². The fourth-order valence-electron chi connectivity index (χ4n) is 1.82. The number of hydrogen-bond acceptors (Lipinski definition) is 0. The molecule has 0 aliphatic heterocycles. The standard InChI is InChI=1S/C12H12N2/c1-9-10(7-8-13-2)11-5-3-4-6-12(11)14-9/h3-6,14H,7-8H2,1H3. The Labute approximate surface area is 83.4 Å². The maximum absolute atomic E-state index is 6.80. The number of aryl methyl sites for hydroxylation is 1. The molecule has 0 bridgehead atoms. The van der Waals surface area contributed by atoms with Crippen LogP contribution in [-0.2, 0) is 6.42 Å². The summed E-state index contributed by atoms with van der Waals surface area (Å²) in [6.07, 6.45) is 0.847. The molecule has 0 unspecified atom stereocenters. The first-order valence-corrected chi connectivity index (χ1v) is 4.72. The van der Waals surface area contributed by atoms with Gasteiger partial charge in [-0.25, -0.2) is 6.57 Å². The Balaban J connectivity index is 2.52. The summed E-state index contributed by atoms with van der Waals surface area (Å²) in [6, 6.07) is 8.25. The number of aromatic amines is 1. The summed E-state index contributed by atoms with van der Waals surface area (Å²) in [7, 11) is 0. The zero-order valence-corrected chi connectivity index (χ0v) is 8.17. The maximum Gasteiger partial charge on any atom is 0.218 e. The van der Waals surface area contributed by atoms with Gasteiger partial charge in [-0.3, -0.25) is 0 Å². The van der Waals surface area contributed by atoms with E-state index in [2.05, 4.69) is 28.9 Å². The maximum atomic E-state index is 6.80. The summed E-state index contributed by atoms with van der Waals surface area (Å²) in [6.45, 7) is 9.44. The molecular weight excluding hydrogens is 172 g/mol. The van der Waals surface area contributed by atoms with Crippen LogP contribution in [0.3, 0.4) is 0 Å². The van der Waals surface area contributed by atoms with Crippen LogP contribution in [-0.4, -0.2) is 11.5 Å². The van der Waals surface area contributed by atoms with E-state index in [9.17, 15) is 0 Å². The first-order chi connectivity index (χ1) is 6.83. The fraction of sp³-hybridized carbons (Fsp3) is 0.250. The number of nitrogens with zero attached hydrogens (tertiary/aromatic N) is 1. The van der Waals surface area contributed by atoms with Gasteiger partial charge in [0.25, 0.3) is 0 Å². The summed E-state index contributed by atoms with van der Waals surface area (Å²) in [5.74, 6) is 0. The van der Waals surface area contributed by atoms with Gasteiger partial charge >= 0.3 is 0 Å². The summed E-state index contributed by atoms with van der Waals surface area (Å²) in [4.78, 5) is 6.73. The van der Waals surface area contributed by atoms with Crippen molar-refractivity contribution in [1.82, 2.24) is 4.98 Å². The number of benzene rings is 1. The highest BCUT2D eigenvalue weighted by molar-refractivity contribution is 5.84. The van der Waals surface area contributed by atoms with Crippen LogP contribution >= 0.6 is 0 Å². The molecule has 0 radical (unpaired) electrons. The second-order valence-corrected chi connectivity index (χ2v) is 3.41. The van der Waals surface area contributed by atoms with E-state index in [1.165, 1.54) is 22.2 Å². The van der Waals surface area contributed by atoms with Crippen LogP contribution in [0.4, 0.5) is 0 Å². The summed E-state index contributed by atoms with van der Waals surface area (Å²) >= 11 is 0. The van der Waals surface area contributed by atoms with Gasteiger partial charge in [0.05, 0.1) is 0 Å². The molecule has 2 nitrogen and oxygen atoms in total. The molecule has 2 rings (SSSR count). The summed E-state index contributed by atoms with van der Waals surface area (Å²) < 4.78 is 0. The largest absolute Gasteiger partial charge is 0.358 e. The van der Waals surface area contributed by atoms with Crippen molar-refractivity contribution in [1.29, 1.82) is 0 Å². The van der Waals surface area contributed by atoms with Crippen molar-refractivity contribution in [2.45, 2.75) is 13.3 Å². The predicted octanol–water partition coefficient (Wildman–Crippen LogP) is 2.94. The van der Waals surface area contributed by atoms with E-state index in [1.54, 1.807) is 0 Å². The molecule has 0 atom stereocenters. The monoisotopic (exact) mass is 184 g/mol. The van der Waals surface area contributed by atoms with E-state index in [0.29, 0.717) is 6.54 Å². The van der Waals surface area contributed by atoms with Gasteiger partial charge in [-0.05, 0) is 18.6 Å². The fourth-order valence-corrected chi connectivity index (χ4v) is 1.82. The molecular formula is C12H12N2. The van der Waals surface area contributed by atoms with Gasteiger partial charge in [0, 0.05) is 23.0 Å². The van der Waals surface area contributed by atoms with Crippen molar-refractivity contribution >= 4 is 10.9 Å². The topological polar surface area (TPSA) is 20.1 Å². The Morgan fingerprint density at radius 1 is 1.36 bits per heavy atom. The van der Waals surface area contributed by atoms with E-state index in [1.807, 2.05) is 12.1 Å². The minimum Gasteiger partial charge on any atom is -0.358 e. The molecule has 2 aromatic rings. The molecule has 1 N–H and O–H groups in total. The molecule has 14 heavy (non-hydrogen) atoms. The highest BCUT2D eigenvalue weighted by Gasteiger charge is 2.07. The summed E-state index contributed by atoms with van der Waals surface area (Å²) in [5, 5.41) is 1.26. The lowest BCUT2D eigenvalue weighted by atomic mass is 10.1. The van der Waals surface area contributed by atoms with Crippen molar-refractivity contribution in [3.63, 3.8) is 0 Å². The number of rotatable bonds is 2. The third-order valence-corrected chi connectivity index (χ3v) is 2.50. The highest BCUT2D eigenvalue weighted by Crippen LogP contribution is 2.21. The average molecular weight is 184 g/mol. The molecule has 1 aromatic heterocycles. The second-order valence-electron chi connectivity index (χ2n) is 3.41. The van der Waals surface area contributed by atoms with Crippen molar-refractivity contribution in [2.75, 3.05) is 6.54 Å². The van der Waals surface area contributed by atoms with E-state index in [4.69, 9.17) is 6.57 Å². The number of nitrogens with one attached hydrogen (secondary N) is 1. The molecule has 2 heteroatoms. The Morgan fingerprint density at radius 2 is 2.14 bits per heavy atom. The average Bonchev–Trinajstić information content (AvgIpc) is 2.51. The number of fused-ring (bicyclic) bond motifs is 1. The van der Waals surface area contributed by atoms with Crippen molar-refractivity contribution in [3.8, 4) is 0 Å². The van der Waals surface area contributed by atoms with Crippen molar-refractivity contribution < 1.29 is 0 Å². The van der Waals surface area contributed by atoms with E-state index >= 15 is 0 Å². The quantitative estimate of drug-likeness (QED) is 0.692. The number of para-hydroxylation sites is 1. The first-order valence-electron chi connectivity index (χ1n) is 4.72. The number of H-pyrrole nitrogens is 1. The molecule has 70 valence electrons. The summed E-state index contributed by atoms with van der Waals surface area (Å²) in [5.41, 5.74) is 3.65. The van der Waals surface area contributed by atoms with Gasteiger partial charge in [-0.2, -0.15) is 0 Å². The SMILES string of the molecule is [C-]#[N+]CCc1c(C)[nH]c2ccccc12. The lowest BCUT2D eigenvalue weighted by Gasteiger charge is -1.94. The minimum atomic E-state index is 0.572. The van der Waals surface area contributed by atoms with Crippen LogP contribution in [0.5, 0.6) is 0 Å². The van der Waals surface area contributed by atoms with Crippen molar-refractivity contribution in [3.05, 3.63) is 46.9 Å². The molecule has 1 aromatic carbocycles. The Morgan fingerprint density at radius 3 is 2.93 bits per heavy atom. The van der Waals surface area contributed by atoms with Gasteiger partial charge < -0.3 is 9.83 Å². The van der Waals surface area contributed by atoms with Gasteiger partial charge in [-0.15, -0.1) is 0 Å². The zero-order valence-electron chi connectivity index (χ0n) is 8.17. The van der Waals surface area contributed by atoms with Crippen molar-refractivity contribution in [2.24, 2.45) is 0 Å². The van der Waals surface area contributed by atoms with Gasteiger partial charge in [0.15, 0.2) is 0 Å². The van der Waals surface area contributed by atoms with Crippen LogP contribution in [0.1, 0.15) is 11.3 Å². The molecule has 0 fully saturated rings. The normalized spacial score (nSPS) is 10.3. The molecule has 0 spiro atoms. The first kappa shape index (κ1) is 8.83. The molecule has 0 saturated carbocycles. The Hall–Kier alpha value is -1.75. The van der Waals surface area contributed by atoms with Crippen LogP contribution in [0.25, 0.3) is 15.7 Å². The smallest absolute Gasteiger partial charge is 0.218 e. The van der Waals surface area contributed by atoms with Crippen LogP contribution in [0.15, 0.2) is 24.3 Å². The van der Waals surface area contributed by atoms with Crippen LogP contribution in [0.2, 0.25) is 0 Å². The second kappa shape index (κ2) is 3.55. The molecule has 0 saturated heterocycles. The third kappa shape index (κ3) is 1.38. The van der Waals surface area contributed by atoms with Gasteiger partial charge in [0.2, 0.25) is 6.54 Å². The lowest BCUT2D eigenvalue weighted by molar-refractivity contribution is 1.06. The van der Waals surface area contributed by atoms with E-state index in [-0.39, 0.29) is 0 Å². The Kier molecular flexibility index (Phi) is 2.24. The third-order valence-electron chi connectivity index (χ3n) is 2.50. The van der Waals surface area contributed by atoms with Crippen LogP contribution < -0.4 is 0 Å². The number of aromatic nitrogens is 1. The predicted molar refractivity (Wildman–Crippen MR) is 58.2 cm³/mol. The molecule has 0 aliphatic carbocycles. The van der Waals surface area contributed by atoms with E-state index in [0.717, 1.165) is 6.42 Å². The van der Waals surface area contributed by atoms with Crippen LogP contribution in [0, 0.1) is 13.5 Å².